The largest absolute Gasteiger partial charge is 0.297 e. The predicted molar refractivity (Wildman–Crippen MR) is 52.2 cm³/mol. The Morgan fingerprint density at radius 1 is 1.58 bits per heavy atom. The monoisotopic (exact) mass is 309 g/mol. The van der Waals surface area contributed by atoms with Gasteiger partial charge in [0.1, 0.15) is 0 Å². The summed E-state index contributed by atoms with van der Waals surface area (Å²) in [6.45, 7) is 0. The molecule has 0 aromatic carbocycles. The highest BCUT2D eigenvalue weighted by Crippen LogP contribution is 2.32. The van der Waals surface area contributed by atoms with Crippen molar-refractivity contribution in [3.05, 3.63) is 19.2 Å². The first kappa shape index (κ1) is 9.80. The fraction of sp³-hybridized carbons (Fsp3) is 0. The van der Waals surface area contributed by atoms with E-state index in [9.17, 15) is 9.59 Å². The Labute approximate surface area is 88.8 Å². The Bertz CT molecular complexity index is 348. The first-order valence-corrected chi connectivity index (χ1v) is 5.12. The highest BCUT2D eigenvalue weighted by molar-refractivity contribution is 9.13. The van der Waals surface area contributed by atoms with Crippen molar-refractivity contribution >= 4 is 55.2 Å². The highest BCUT2D eigenvalue weighted by Gasteiger charge is 2.10. The van der Waals surface area contributed by atoms with Crippen molar-refractivity contribution in [2.45, 2.75) is 0 Å². The van der Waals surface area contributed by atoms with Crippen LogP contribution in [0.5, 0.6) is 0 Å². The lowest BCUT2D eigenvalue weighted by atomic mass is 10.4. The standard InChI is InChI=1S/C6HBr2NO2S/c7-3-1-4(12-5(3)8)6(11)9-2-10/h1H. The number of nitrogens with zero attached hydrogens (tertiary/aromatic N) is 1. The number of amides is 1. The van der Waals surface area contributed by atoms with Crippen LogP contribution in [0, 0.1) is 0 Å². The fourth-order valence-corrected chi connectivity index (χ4v) is 2.47. The SMILES string of the molecule is O=C=NC(=O)c1cc(Br)c(Br)s1. The lowest BCUT2D eigenvalue weighted by Crippen LogP contribution is -1.87. The number of hydrogen-bond donors (Lipinski definition) is 0. The lowest BCUT2D eigenvalue weighted by molar-refractivity contribution is 0.101. The molecule has 0 unspecified atom stereocenters. The molecule has 12 heavy (non-hydrogen) atoms. The van der Waals surface area contributed by atoms with Crippen LogP contribution in [0.3, 0.4) is 0 Å². The minimum Gasteiger partial charge on any atom is -0.265 e. The van der Waals surface area contributed by atoms with Crippen LogP contribution in [0.25, 0.3) is 0 Å². The van der Waals surface area contributed by atoms with Gasteiger partial charge in [-0.15, -0.1) is 16.3 Å². The van der Waals surface area contributed by atoms with Gasteiger partial charge >= 0.3 is 0 Å². The number of aliphatic imine (C=N–C) groups is 1. The quantitative estimate of drug-likeness (QED) is 0.591. The number of isocyanates is 1. The van der Waals surface area contributed by atoms with E-state index in [0.29, 0.717) is 4.88 Å². The molecule has 0 aliphatic heterocycles. The second-order valence-corrected chi connectivity index (χ2v) is 4.96. The Hall–Kier alpha value is -0.290. The van der Waals surface area contributed by atoms with Crippen LogP contribution in [-0.2, 0) is 4.79 Å². The molecule has 0 fully saturated rings. The van der Waals surface area contributed by atoms with E-state index >= 15 is 0 Å². The molecular formula is C6HBr2NO2S. The number of carbonyl (C=O) groups excluding carboxylic acids is 2. The first-order chi connectivity index (χ1) is 5.65. The second-order valence-electron chi connectivity index (χ2n) is 1.74. The summed E-state index contributed by atoms with van der Waals surface area (Å²) in [7, 11) is 0. The summed E-state index contributed by atoms with van der Waals surface area (Å²) in [6, 6.07) is 1.60. The zero-order chi connectivity index (χ0) is 9.14. The van der Waals surface area contributed by atoms with Crippen molar-refractivity contribution < 1.29 is 9.59 Å². The van der Waals surface area contributed by atoms with E-state index < -0.39 is 5.91 Å². The molecule has 1 amide bonds. The Morgan fingerprint density at radius 3 is 2.67 bits per heavy atom. The maximum Gasteiger partial charge on any atom is 0.297 e. The maximum atomic E-state index is 10.9. The summed E-state index contributed by atoms with van der Waals surface area (Å²) in [5, 5.41) is 0. The number of thiophene rings is 1. The minimum absolute atomic E-state index is 0.400. The minimum atomic E-state index is -0.568. The summed E-state index contributed by atoms with van der Waals surface area (Å²) < 4.78 is 1.57. The number of carbonyl (C=O) groups is 1. The van der Waals surface area contributed by atoms with E-state index in [4.69, 9.17) is 0 Å². The van der Waals surface area contributed by atoms with Crippen LogP contribution >= 0.6 is 43.2 Å². The number of rotatable bonds is 1. The molecule has 0 saturated carbocycles. The zero-order valence-electron chi connectivity index (χ0n) is 5.51. The van der Waals surface area contributed by atoms with Crippen molar-refractivity contribution in [2.75, 3.05) is 0 Å². The molecule has 6 heteroatoms. The Kier molecular flexibility index (Phi) is 3.34. The maximum absolute atomic E-state index is 10.9. The van der Waals surface area contributed by atoms with Gasteiger partial charge in [-0.25, -0.2) is 4.79 Å². The van der Waals surface area contributed by atoms with Crippen LogP contribution < -0.4 is 0 Å². The lowest BCUT2D eigenvalue weighted by Gasteiger charge is -1.80. The zero-order valence-corrected chi connectivity index (χ0v) is 9.49. The van der Waals surface area contributed by atoms with Crippen molar-refractivity contribution in [2.24, 2.45) is 4.99 Å². The average molecular weight is 311 g/mol. The summed E-state index contributed by atoms with van der Waals surface area (Å²) in [5.74, 6) is -0.568. The molecule has 0 N–H and O–H groups in total. The van der Waals surface area contributed by atoms with Gasteiger partial charge in [-0.2, -0.15) is 0 Å². The molecule has 1 aromatic rings. The number of hydrogen-bond acceptors (Lipinski definition) is 3. The molecular weight excluding hydrogens is 310 g/mol. The van der Waals surface area contributed by atoms with E-state index in [2.05, 4.69) is 36.9 Å². The third-order valence-electron chi connectivity index (χ3n) is 1.00. The van der Waals surface area contributed by atoms with Gasteiger partial charge in [0.2, 0.25) is 6.08 Å². The third kappa shape index (κ3) is 2.10. The molecule has 0 radical (unpaired) electrons. The molecule has 0 aliphatic rings. The van der Waals surface area contributed by atoms with Gasteiger partial charge < -0.3 is 0 Å². The highest BCUT2D eigenvalue weighted by atomic mass is 79.9. The summed E-state index contributed by atoms with van der Waals surface area (Å²) in [4.78, 5) is 24.1. The van der Waals surface area contributed by atoms with Gasteiger partial charge in [0.05, 0.1) is 8.66 Å². The molecule has 0 spiro atoms. The van der Waals surface area contributed by atoms with Gasteiger partial charge in [-0.1, -0.05) is 0 Å². The van der Waals surface area contributed by atoms with E-state index in [-0.39, 0.29) is 0 Å². The van der Waals surface area contributed by atoms with Crippen LogP contribution in [0.1, 0.15) is 9.67 Å². The van der Waals surface area contributed by atoms with E-state index in [1.165, 1.54) is 17.4 Å². The summed E-state index contributed by atoms with van der Waals surface area (Å²) in [6.07, 6.45) is 1.20. The molecule has 0 atom stereocenters. The van der Waals surface area contributed by atoms with Gasteiger partial charge in [0.25, 0.3) is 5.91 Å². The topological polar surface area (TPSA) is 46.5 Å². The summed E-state index contributed by atoms with van der Waals surface area (Å²) >= 11 is 7.63. The molecule has 1 aromatic heterocycles. The third-order valence-corrected chi connectivity index (χ3v) is 4.25. The van der Waals surface area contributed by atoms with Crippen LogP contribution in [0.2, 0.25) is 0 Å². The van der Waals surface area contributed by atoms with Gasteiger partial charge in [-0.05, 0) is 37.9 Å². The Balaban J connectivity index is 3.04. The fourth-order valence-electron chi connectivity index (χ4n) is 0.549. The van der Waals surface area contributed by atoms with Crippen molar-refractivity contribution in [1.29, 1.82) is 0 Å². The van der Waals surface area contributed by atoms with Crippen molar-refractivity contribution in [3.63, 3.8) is 0 Å². The van der Waals surface area contributed by atoms with Crippen LogP contribution in [0.15, 0.2) is 19.3 Å². The normalized spacial score (nSPS) is 9.17. The van der Waals surface area contributed by atoms with Crippen molar-refractivity contribution in [3.8, 4) is 0 Å². The Morgan fingerprint density at radius 2 is 2.25 bits per heavy atom. The van der Waals surface area contributed by atoms with Gasteiger partial charge in [0, 0.05) is 4.47 Å². The van der Waals surface area contributed by atoms with E-state index in [1.807, 2.05) is 0 Å². The van der Waals surface area contributed by atoms with Gasteiger partial charge in [0.15, 0.2) is 0 Å². The van der Waals surface area contributed by atoms with Gasteiger partial charge in [-0.3, -0.25) is 4.79 Å². The average Bonchev–Trinajstić information content (AvgIpc) is 2.33. The van der Waals surface area contributed by atoms with E-state index in [0.717, 1.165) is 8.26 Å². The molecule has 0 saturated heterocycles. The smallest absolute Gasteiger partial charge is 0.265 e. The molecule has 3 nitrogen and oxygen atoms in total. The second kappa shape index (κ2) is 4.09. The molecule has 0 aliphatic carbocycles. The summed E-state index contributed by atoms with van der Waals surface area (Å²) in [5.41, 5.74) is 0. The number of halogens is 2. The predicted octanol–water partition coefficient (Wildman–Crippen LogP) is 2.75. The van der Waals surface area contributed by atoms with Crippen molar-refractivity contribution in [1.82, 2.24) is 0 Å². The molecule has 62 valence electrons. The first-order valence-electron chi connectivity index (χ1n) is 2.72. The molecule has 1 heterocycles. The molecule has 1 rings (SSSR count). The molecule has 0 bridgehead atoms. The van der Waals surface area contributed by atoms with Crippen LogP contribution in [0.4, 0.5) is 0 Å². The van der Waals surface area contributed by atoms with Crippen LogP contribution in [-0.4, -0.2) is 12.0 Å². The van der Waals surface area contributed by atoms with E-state index in [1.54, 1.807) is 6.07 Å².